The Morgan fingerprint density at radius 2 is 1.52 bits per heavy atom. The van der Waals surface area contributed by atoms with E-state index in [2.05, 4.69) is 34.9 Å². The summed E-state index contributed by atoms with van der Waals surface area (Å²) in [6, 6.07) is 7.65. The van der Waals surface area contributed by atoms with E-state index in [1.165, 1.54) is 16.9 Å². The van der Waals surface area contributed by atoms with Crippen molar-refractivity contribution in [3.63, 3.8) is 0 Å². The second-order valence-electron chi connectivity index (χ2n) is 10.9. The van der Waals surface area contributed by atoms with Gasteiger partial charge >= 0.3 is 6.09 Å². The van der Waals surface area contributed by atoms with E-state index in [1.54, 1.807) is 14.2 Å². The molecule has 2 atom stereocenters. The number of carbonyl (C=O) groups is 1. The average Bonchev–Trinajstić information content (AvgIpc) is 3.02. The van der Waals surface area contributed by atoms with Crippen molar-refractivity contribution in [1.82, 2.24) is 4.90 Å². The van der Waals surface area contributed by atoms with E-state index < -0.39 is 5.60 Å². The van der Waals surface area contributed by atoms with Crippen LogP contribution in [0.25, 0.3) is 0 Å². The van der Waals surface area contributed by atoms with Crippen molar-refractivity contribution in [3.05, 3.63) is 23.8 Å². The Morgan fingerprint density at radius 3 is 2.06 bits per heavy atom. The lowest BCUT2D eigenvalue weighted by molar-refractivity contribution is -0.141. The third-order valence-electron chi connectivity index (χ3n) is 7.23. The van der Waals surface area contributed by atoms with Crippen LogP contribution in [-0.2, 0) is 14.2 Å². The van der Waals surface area contributed by atoms with Crippen molar-refractivity contribution in [2.24, 2.45) is 5.92 Å². The summed E-state index contributed by atoms with van der Waals surface area (Å²) in [5, 5.41) is 0. The van der Waals surface area contributed by atoms with Crippen LogP contribution in [0.5, 0.6) is 0 Å². The van der Waals surface area contributed by atoms with Gasteiger partial charge < -0.3 is 28.9 Å². The number of hydrogen-bond acceptors (Lipinski definition) is 6. The standard InChI is InChI=1S/C26H41N3O4/c1-18-13-22(27-11-9-19(10-12-27)24(31-5)32-6)15-23(14-18)29-20-7-8-21(29)17-28(16-20)25(30)33-26(2,3)4/h13-15,19-21,24H,7-12,16-17H2,1-6H3. The van der Waals surface area contributed by atoms with E-state index >= 15 is 0 Å². The van der Waals surface area contributed by atoms with Gasteiger partial charge in [-0.15, -0.1) is 0 Å². The van der Waals surface area contributed by atoms with E-state index in [1.807, 2.05) is 25.7 Å². The molecule has 0 N–H and O–H groups in total. The van der Waals surface area contributed by atoms with Crippen LogP contribution in [0.15, 0.2) is 18.2 Å². The number of hydrogen-bond donors (Lipinski definition) is 0. The lowest BCUT2D eigenvalue weighted by Gasteiger charge is -2.43. The van der Waals surface area contributed by atoms with Gasteiger partial charge in [-0.3, -0.25) is 0 Å². The number of piperidine rings is 1. The summed E-state index contributed by atoms with van der Waals surface area (Å²) in [7, 11) is 3.45. The second kappa shape index (κ2) is 9.71. The number of likely N-dealkylation sites (tertiary alicyclic amines) is 1. The highest BCUT2D eigenvalue weighted by atomic mass is 16.7. The fourth-order valence-electron chi connectivity index (χ4n) is 5.79. The van der Waals surface area contributed by atoms with E-state index in [4.69, 9.17) is 14.2 Å². The Kier molecular flexibility index (Phi) is 7.10. The molecule has 4 rings (SSSR count). The zero-order valence-corrected chi connectivity index (χ0v) is 21.2. The monoisotopic (exact) mass is 459 g/mol. The van der Waals surface area contributed by atoms with Crippen LogP contribution >= 0.6 is 0 Å². The Labute approximate surface area is 198 Å². The molecule has 3 aliphatic rings. The smallest absolute Gasteiger partial charge is 0.410 e. The van der Waals surface area contributed by atoms with Gasteiger partial charge in [0.2, 0.25) is 0 Å². The Balaban J connectivity index is 1.45. The minimum absolute atomic E-state index is 0.114. The van der Waals surface area contributed by atoms with Crippen LogP contribution in [0.2, 0.25) is 0 Å². The molecule has 0 radical (unpaired) electrons. The molecule has 33 heavy (non-hydrogen) atoms. The van der Waals surface area contributed by atoms with E-state index in [0.29, 0.717) is 18.0 Å². The van der Waals surface area contributed by atoms with E-state index in [9.17, 15) is 4.79 Å². The molecule has 1 aromatic carbocycles. The van der Waals surface area contributed by atoms with Gasteiger partial charge in [0.1, 0.15) is 5.60 Å². The van der Waals surface area contributed by atoms with Crippen molar-refractivity contribution < 1.29 is 19.0 Å². The second-order valence-corrected chi connectivity index (χ2v) is 10.9. The van der Waals surface area contributed by atoms with Crippen LogP contribution in [0.1, 0.15) is 52.0 Å². The summed E-state index contributed by atoms with van der Waals surface area (Å²) in [6.45, 7) is 11.5. The van der Waals surface area contributed by atoms with Crippen molar-refractivity contribution in [2.75, 3.05) is 50.2 Å². The first-order chi connectivity index (χ1) is 15.7. The Morgan fingerprint density at radius 1 is 0.939 bits per heavy atom. The maximum atomic E-state index is 12.7. The lowest BCUT2D eigenvalue weighted by atomic mass is 9.95. The fourth-order valence-corrected chi connectivity index (χ4v) is 5.79. The molecule has 0 spiro atoms. The van der Waals surface area contributed by atoms with E-state index in [-0.39, 0.29) is 12.4 Å². The molecule has 0 aliphatic carbocycles. The minimum atomic E-state index is -0.460. The molecule has 1 aromatic rings. The lowest BCUT2D eigenvalue weighted by Crippen LogP contribution is -2.56. The molecule has 2 bridgehead atoms. The molecule has 7 nitrogen and oxygen atoms in total. The first kappa shape index (κ1) is 24.1. The summed E-state index contributed by atoms with van der Waals surface area (Å²) in [4.78, 5) is 19.6. The minimum Gasteiger partial charge on any atom is -0.444 e. The number of piperazine rings is 1. The number of ether oxygens (including phenoxy) is 3. The number of amides is 1. The maximum Gasteiger partial charge on any atom is 0.410 e. The summed E-state index contributed by atoms with van der Waals surface area (Å²) in [5.41, 5.74) is 3.41. The molecule has 184 valence electrons. The topological polar surface area (TPSA) is 54.5 Å². The molecule has 1 amide bonds. The van der Waals surface area contributed by atoms with Gasteiger partial charge in [-0.2, -0.15) is 0 Å². The summed E-state index contributed by atoms with van der Waals surface area (Å²) in [6.07, 6.45) is 4.07. The molecule has 3 aliphatic heterocycles. The highest BCUT2D eigenvalue weighted by Gasteiger charge is 2.42. The number of nitrogens with zero attached hydrogens (tertiary/aromatic N) is 3. The van der Waals surface area contributed by atoms with Gasteiger partial charge in [0.25, 0.3) is 0 Å². The third kappa shape index (κ3) is 5.40. The van der Waals surface area contributed by atoms with Gasteiger partial charge in [-0.1, -0.05) is 0 Å². The maximum absolute atomic E-state index is 12.7. The normalized spacial score (nSPS) is 24.0. The Hall–Kier alpha value is -1.99. The number of rotatable bonds is 5. The molecule has 0 aromatic heterocycles. The molecule has 3 saturated heterocycles. The number of anilines is 2. The van der Waals surface area contributed by atoms with Crippen LogP contribution < -0.4 is 9.80 Å². The number of aryl methyl sites for hydroxylation is 1. The molecular formula is C26H41N3O4. The zero-order chi connectivity index (χ0) is 23.8. The largest absolute Gasteiger partial charge is 0.444 e. The van der Waals surface area contributed by atoms with Crippen molar-refractivity contribution in [3.8, 4) is 0 Å². The van der Waals surface area contributed by atoms with E-state index in [0.717, 1.165) is 51.9 Å². The Bertz CT molecular complexity index is 813. The number of carbonyl (C=O) groups excluding carboxylic acids is 1. The fraction of sp³-hybridized carbons (Fsp3) is 0.731. The predicted octanol–water partition coefficient (Wildman–Crippen LogP) is 4.42. The molecule has 3 heterocycles. The van der Waals surface area contributed by atoms with Crippen molar-refractivity contribution >= 4 is 17.5 Å². The SMILES string of the molecule is COC(OC)C1CCN(c2cc(C)cc(N3C4CCC3CN(C(=O)OC(C)(C)C)C4)c2)CC1. The highest BCUT2D eigenvalue weighted by molar-refractivity contribution is 5.70. The summed E-state index contributed by atoms with van der Waals surface area (Å²) >= 11 is 0. The molecular weight excluding hydrogens is 418 g/mol. The number of methoxy groups -OCH3 is 2. The number of benzene rings is 1. The van der Waals surface area contributed by atoms with Crippen molar-refractivity contribution in [1.29, 1.82) is 0 Å². The average molecular weight is 460 g/mol. The first-order valence-corrected chi connectivity index (χ1v) is 12.4. The van der Waals surface area contributed by atoms with Crippen LogP contribution in [-0.4, -0.2) is 75.4 Å². The predicted molar refractivity (Wildman–Crippen MR) is 131 cm³/mol. The van der Waals surface area contributed by atoms with Crippen LogP contribution in [0.3, 0.4) is 0 Å². The summed E-state index contributed by atoms with van der Waals surface area (Å²) < 4.78 is 16.6. The van der Waals surface area contributed by atoms with Gasteiger partial charge in [-0.05, 0) is 77.1 Å². The highest BCUT2D eigenvalue weighted by Crippen LogP contribution is 2.38. The van der Waals surface area contributed by atoms with Gasteiger partial charge in [0.05, 0.1) is 0 Å². The molecule has 0 saturated carbocycles. The number of fused-ring (bicyclic) bond motifs is 2. The quantitative estimate of drug-likeness (QED) is 0.608. The van der Waals surface area contributed by atoms with Gasteiger partial charge in [0, 0.05) is 69.8 Å². The van der Waals surface area contributed by atoms with Gasteiger partial charge in [-0.25, -0.2) is 4.79 Å². The third-order valence-corrected chi connectivity index (χ3v) is 7.23. The summed E-state index contributed by atoms with van der Waals surface area (Å²) in [5.74, 6) is 0.442. The molecule has 7 heteroatoms. The van der Waals surface area contributed by atoms with Crippen LogP contribution in [0.4, 0.5) is 16.2 Å². The van der Waals surface area contributed by atoms with Crippen molar-refractivity contribution in [2.45, 2.75) is 77.4 Å². The zero-order valence-electron chi connectivity index (χ0n) is 21.2. The first-order valence-electron chi connectivity index (χ1n) is 12.4. The molecule has 2 unspecified atom stereocenters. The molecule has 3 fully saturated rings. The van der Waals surface area contributed by atoms with Crippen LogP contribution in [0, 0.1) is 12.8 Å². The van der Waals surface area contributed by atoms with Gasteiger partial charge in [0.15, 0.2) is 6.29 Å².